The summed E-state index contributed by atoms with van der Waals surface area (Å²) in [5, 5.41) is 11.2. The number of likely N-dealkylation sites (tertiary alicyclic amines) is 2. The lowest BCUT2D eigenvalue weighted by molar-refractivity contribution is -0.401. The molecule has 0 radical (unpaired) electrons. The number of hydrogen-bond acceptors (Lipinski definition) is 13. The molecule has 0 unspecified atom stereocenters. The second kappa shape index (κ2) is 30.4. The van der Waals surface area contributed by atoms with E-state index in [0.717, 1.165) is 33.9 Å². The molecule has 7 rings (SSSR count). The minimum Gasteiger partial charge on any atom is -0.368 e. The lowest BCUT2D eigenvalue weighted by atomic mass is 9.81. The molecule has 3 aromatic rings. The number of nitrogens with one attached hydrogen (secondary N) is 4. The van der Waals surface area contributed by atoms with Crippen LogP contribution in [0.1, 0.15) is 122 Å². The highest BCUT2D eigenvalue weighted by Crippen LogP contribution is 2.49. The third kappa shape index (κ3) is 17.4. The predicted octanol–water partition coefficient (Wildman–Crippen LogP) is 4.66. The molecule has 496 valence electrons. The van der Waals surface area contributed by atoms with E-state index >= 15 is 0 Å². The number of likely N-dealkylation sites (N-methyl/N-ethyl adjacent to an activating group) is 1. The summed E-state index contributed by atoms with van der Waals surface area (Å²) in [5.74, 6) is -4.29. The van der Waals surface area contributed by atoms with Crippen molar-refractivity contribution in [1.29, 1.82) is 0 Å². The van der Waals surface area contributed by atoms with E-state index in [-0.39, 0.29) is 79.1 Å². The number of carbonyl (C=O) groups is 8. The fourth-order valence-corrected chi connectivity index (χ4v) is 13.5. The van der Waals surface area contributed by atoms with Gasteiger partial charge in [0, 0.05) is 94.5 Å². The molecule has 2 saturated heterocycles. The summed E-state index contributed by atoms with van der Waals surface area (Å²) >= 11 is 0. The maximum atomic E-state index is 14.8. The van der Waals surface area contributed by atoms with Crippen LogP contribution < -0.4 is 31.9 Å². The standard InChI is InChI=1S/C66H86N10O14S2/c1-43(77)74-38-20-25-54(74)62(82)69-49(24-17-18-30-59(79)72(6)7)61(81)70-50(64(84)76-39-21-26-55(76)63(83)71-51(60(67)80)40-44-22-12-9-13-23-44)35-36-68-58(78)29-16-11-19-37-75-53-34-32-46(92(88,89)90)42-48(53)66(4,5)57(75)28-15-10-14-27-56-65(2,3)47-41-45(91(85,86)87)31-33-52(47)73(56)8/h9-10,12-15,18,22-23,27-28,30-34,41-42,49-51,54-55H,11,16-17,19-21,24-26,29,35-40H2,1-8H3,(H7-,67,68,69,70,71,78,80,81,82,83,85,86,87,88,89,90)/p+1/b30-18+/t49-,50-,51-,54-,55-/m0/s1. The molecule has 8 amide bonds. The monoisotopic (exact) mass is 1310 g/mol. The average Bonchev–Trinajstić information content (AvgIpc) is 1.60. The predicted molar refractivity (Wildman–Crippen MR) is 347 cm³/mol. The van der Waals surface area contributed by atoms with Crippen molar-refractivity contribution < 1.29 is 68.9 Å². The fraction of sp³-hybridized carbons (Fsp3) is 0.470. The first kappa shape index (κ1) is 71.1. The molecule has 0 spiro atoms. The number of unbranched alkanes of at least 4 members (excludes halogenated alkanes) is 2. The van der Waals surface area contributed by atoms with E-state index in [1.54, 1.807) is 56.6 Å². The topological polar surface area (TPSA) is 335 Å². The van der Waals surface area contributed by atoms with Crippen molar-refractivity contribution in [3.05, 3.63) is 132 Å². The molecule has 8 N–H and O–H groups in total. The van der Waals surface area contributed by atoms with E-state index in [4.69, 9.17) is 5.73 Å². The number of nitrogens with zero attached hydrogens (tertiary/aromatic N) is 5. The highest BCUT2D eigenvalue weighted by Gasteiger charge is 2.45. The SMILES string of the molecule is CC(=O)N1CCC[C@H]1C(=O)N[C@@H](CC/C=C/C(=O)N(C)C)C(=O)N[C@@H](CCNC(=O)CCCCCN1/C(=C/C=C/C=C/C2=[N+](C)c3ccc(S(=O)(=O)O)cc3C2(C)C)C(C)(C)c2cc(S(=O)(=O)O)ccc21)C(=O)N1CCC[C@H]1C(=O)N[C@@H](Cc1ccccc1)C(N)=O. The van der Waals surface area contributed by atoms with Crippen LogP contribution >= 0.6 is 0 Å². The van der Waals surface area contributed by atoms with Crippen molar-refractivity contribution in [3.63, 3.8) is 0 Å². The average molecular weight is 1310 g/mol. The number of allylic oxidation sites excluding steroid dienone is 7. The molecule has 0 saturated carbocycles. The van der Waals surface area contributed by atoms with Gasteiger partial charge < -0.3 is 46.6 Å². The molecular formula is C66H87N10O14S2+. The minimum atomic E-state index is -4.53. The number of amides is 8. The first-order valence-electron chi connectivity index (χ1n) is 31.0. The van der Waals surface area contributed by atoms with Crippen LogP contribution in [0.5, 0.6) is 0 Å². The normalized spacial score (nSPS) is 19.1. The quantitative estimate of drug-likeness (QED) is 0.0171. The van der Waals surface area contributed by atoms with Crippen LogP contribution in [0.2, 0.25) is 0 Å². The van der Waals surface area contributed by atoms with Crippen LogP contribution in [-0.2, 0) is 75.8 Å². The Hall–Kier alpha value is -8.33. The van der Waals surface area contributed by atoms with Crippen LogP contribution in [0.25, 0.3) is 0 Å². The van der Waals surface area contributed by atoms with Crippen molar-refractivity contribution in [2.75, 3.05) is 52.2 Å². The molecule has 24 nitrogen and oxygen atoms in total. The summed E-state index contributed by atoms with van der Waals surface area (Å²) in [5.41, 5.74) is 9.82. The Morgan fingerprint density at radius 1 is 0.739 bits per heavy atom. The highest BCUT2D eigenvalue weighted by molar-refractivity contribution is 7.86. The molecule has 26 heteroatoms. The zero-order chi connectivity index (χ0) is 67.5. The molecule has 4 aliphatic heterocycles. The first-order chi connectivity index (χ1) is 43.3. The number of carbonyl (C=O) groups excluding carboxylic acids is 8. The molecule has 0 bridgehead atoms. The summed E-state index contributed by atoms with van der Waals surface area (Å²) in [7, 11) is -3.91. The Balaban J connectivity index is 1.03. The molecule has 5 atom stereocenters. The van der Waals surface area contributed by atoms with Crippen LogP contribution in [0.15, 0.2) is 125 Å². The van der Waals surface area contributed by atoms with Gasteiger partial charge in [0.2, 0.25) is 52.9 Å². The highest BCUT2D eigenvalue weighted by atomic mass is 32.2. The summed E-state index contributed by atoms with van der Waals surface area (Å²) in [6.45, 7) is 10.1. The number of fused-ring (bicyclic) bond motifs is 2. The Bertz CT molecular complexity index is 3710. The molecular weight excluding hydrogens is 1220 g/mol. The van der Waals surface area contributed by atoms with Gasteiger partial charge in [-0.15, -0.1) is 0 Å². The van der Waals surface area contributed by atoms with Crippen LogP contribution in [0.4, 0.5) is 11.4 Å². The van der Waals surface area contributed by atoms with E-state index < -0.39 is 90.8 Å². The number of rotatable bonds is 28. The fourth-order valence-electron chi connectivity index (χ4n) is 12.5. The van der Waals surface area contributed by atoms with Gasteiger partial charge in [-0.2, -0.15) is 21.4 Å². The number of nitrogens with two attached hydrogens (primary N) is 1. The maximum absolute atomic E-state index is 14.8. The maximum Gasteiger partial charge on any atom is 0.294 e. The second-order valence-electron chi connectivity index (χ2n) is 24.9. The molecule has 2 fully saturated rings. The smallest absolute Gasteiger partial charge is 0.294 e. The van der Waals surface area contributed by atoms with Crippen molar-refractivity contribution >= 4 is 84.6 Å². The Morgan fingerprint density at radius 3 is 1.99 bits per heavy atom. The van der Waals surface area contributed by atoms with E-state index in [0.29, 0.717) is 57.2 Å². The Kier molecular flexibility index (Phi) is 23.5. The van der Waals surface area contributed by atoms with E-state index in [9.17, 15) is 64.3 Å². The Morgan fingerprint density at radius 2 is 1.36 bits per heavy atom. The van der Waals surface area contributed by atoms with Crippen molar-refractivity contribution in [3.8, 4) is 0 Å². The van der Waals surface area contributed by atoms with Crippen LogP contribution in [-0.4, -0.2) is 176 Å². The van der Waals surface area contributed by atoms with E-state index in [1.165, 1.54) is 52.0 Å². The summed E-state index contributed by atoms with van der Waals surface area (Å²) < 4.78 is 70.3. The Labute approximate surface area is 539 Å². The zero-order valence-electron chi connectivity index (χ0n) is 53.5. The van der Waals surface area contributed by atoms with Gasteiger partial charge in [-0.05, 0) is 125 Å². The molecule has 0 aromatic heterocycles. The number of hydrogen-bond donors (Lipinski definition) is 7. The van der Waals surface area contributed by atoms with Crippen molar-refractivity contribution in [2.24, 2.45) is 5.73 Å². The van der Waals surface area contributed by atoms with Gasteiger partial charge in [-0.1, -0.05) is 74.9 Å². The molecule has 92 heavy (non-hydrogen) atoms. The molecule has 3 aromatic carbocycles. The lowest BCUT2D eigenvalue weighted by Crippen LogP contribution is -2.59. The van der Waals surface area contributed by atoms with E-state index in [2.05, 4.69) is 26.2 Å². The van der Waals surface area contributed by atoms with Gasteiger partial charge in [-0.25, -0.2) is 0 Å². The third-order valence-corrected chi connectivity index (χ3v) is 19.2. The summed E-state index contributed by atoms with van der Waals surface area (Å²) in [6, 6.07) is 12.4. The van der Waals surface area contributed by atoms with Gasteiger partial charge in [0.05, 0.1) is 15.2 Å². The molecule has 0 aliphatic carbocycles. The van der Waals surface area contributed by atoms with Crippen molar-refractivity contribution in [1.82, 2.24) is 36.0 Å². The zero-order valence-corrected chi connectivity index (χ0v) is 55.1. The largest absolute Gasteiger partial charge is 0.368 e. The van der Waals surface area contributed by atoms with E-state index in [1.807, 2.05) is 75.8 Å². The second-order valence-corrected chi connectivity index (χ2v) is 27.8. The van der Waals surface area contributed by atoms with Crippen LogP contribution in [0.3, 0.4) is 0 Å². The first-order valence-corrected chi connectivity index (χ1v) is 33.9. The van der Waals surface area contributed by atoms with Gasteiger partial charge >= 0.3 is 0 Å². The minimum absolute atomic E-state index is 0.00459. The molecule has 4 heterocycles. The van der Waals surface area contributed by atoms with Gasteiger partial charge in [-0.3, -0.25) is 47.5 Å². The van der Waals surface area contributed by atoms with Gasteiger partial charge in [0.25, 0.3) is 20.2 Å². The van der Waals surface area contributed by atoms with Gasteiger partial charge in [0.1, 0.15) is 37.3 Å². The van der Waals surface area contributed by atoms with Gasteiger partial charge in [0.15, 0.2) is 5.71 Å². The summed E-state index contributed by atoms with van der Waals surface area (Å²) in [6.07, 6.45) is 15.8. The van der Waals surface area contributed by atoms with Crippen LogP contribution in [0, 0.1) is 0 Å². The number of anilines is 1. The van der Waals surface area contributed by atoms with Crippen molar-refractivity contribution in [2.45, 2.75) is 162 Å². The lowest BCUT2D eigenvalue weighted by Gasteiger charge is -2.31. The molecule has 4 aliphatic rings. The number of primary amides is 1. The summed E-state index contributed by atoms with van der Waals surface area (Å²) in [4.78, 5) is 114. The number of benzene rings is 3. The third-order valence-electron chi connectivity index (χ3n) is 17.5.